The molecule has 0 fully saturated rings. The molecule has 1 aromatic heterocycles. The van der Waals surface area contributed by atoms with Crippen molar-refractivity contribution in [3.63, 3.8) is 0 Å². The van der Waals surface area contributed by atoms with Gasteiger partial charge in [0.25, 0.3) is 5.95 Å². The first kappa shape index (κ1) is 24.8. The van der Waals surface area contributed by atoms with E-state index in [1.807, 2.05) is 85.8 Å². The molecule has 3 aromatic carbocycles. The maximum Gasteiger partial charge on any atom is 0.264 e. The van der Waals surface area contributed by atoms with Crippen LogP contribution in [0.25, 0.3) is 0 Å². The Labute approximate surface area is 213 Å². The van der Waals surface area contributed by atoms with Gasteiger partial charge >= 0.3 is 0 Å². The van der Waals surface area contributed by atoms with E-state index in [2.05, 4.69) is 26.0 Å². The molecule has 4 aromatic rings. The Morgan fingerprint density at radius 1 is 1.03 bits per heavy atom. The van der Waals surface area contributed by atoms with Gasteiger partial charge in [-0.1, -0.05) is 84.1 Å². The van der Waals surface area contributed by atoms with Crippen molar-refractivity contribution in [1.29, 1.82) is 0 Å². The highest BCUT2D eigenvalue weighted by Gasteiger charge is 2.12. The average molecular weight is 502 g/mol. The minimum atomic E-state index is -0.122. The second-order valence-electron chi connectivity index (χ2n) is 7.91. The van der Waals surface area contributed by atoms with Crippen LogP contribution in [0.4, 0.5) is 5.95 Å². The van der Waals surface area contributed by atoms with Crippen LogP contribution >= 0.6 is 11.8 Å². The summed E-state index contributed by atoms with van der Waals surface area (Å²) in [6.07, 6.45) is 1.63. The van der Waals surface area contributed by atoms with Gasteiger partial charge in [0.05, 0.1) is 12.0 Å². The van der Waals surface area contributed by atoms with Crippen LogP contribution in [-0.4, -0.2) is 32.7 Å². The van der Waals surface area contributed by atoms with Gasteiger partial charge in [-0.2, -0.15) is 5.10 Å². The quantitative estimate of drug-likeness (QED) is 0.124. The maximum atomic E-state index is 12.2. The Hall–Kier alpha value is -4.31. The Morgan fingerprint density at radius 3 is 2.58 bits per heavy atom. The van der Waals surface area contributed by atoms with Crippen LogP contribution in [0.5, 0.6) is 5.75 Å². The predicted molar refractivity (Wildman–Crippen MR) is 142 cm³/mol. The van der Waals surface area contributed by atoms with Gasteiger partial charge < -0.3 is 15.9 Å². The molecule has 10 heteroatoms. The summed E-state index contributed by atoms with van der Waals surface area (Å²) < 4.78 is 7.20. The van der Waals surface area contributed by atoms with Crippen molar-refractivity contribution in [3.05, 3.63) is 101 Å². The number of benzene rings is 3. The lowest BCUT2D eigenvalue weighted by Gasteiger charge is -2.09. The van der Waals surface area contributed by atoms with Gasteiger partial charge in [-0.05, 0) is 30.2 Å². The summed E-state index contributed by atoms with van der Waals surface area (Å²) >= 11 is 1.19. The molecule has 0 bridgehead atoms. The lowest BCUT2D eigenvalue weighted by molar-refractivity contribution is -0.118. The molecular weight excluding hydrogens is 474 g/mol. The van der Waals surface area contributed by atoms with Crippen molar-refractivity contribution in [2.75, 3.05) is 17.0 Å². The van der Waals surface area contributed by atoms with Gasteiger partial charge in [0, 0.05) is 12.1 Å². The molecule has 36 heavy (non-hydrogen) atoms. The number of nitrogens with two attached hydrogens (primary N) is 1. The van der Waals surface area contributed by atoms with Crippen molar-refractivity contribution in [2.24, 2.45) is 5.10 Å². The lowest BCUT2D eigenvalue weighted by Crippen LogP contribution is -2.25. The number of nitrogens with one attached hydrogen (secondary N) is 2. The standard InChI is InChI=1S/C26H27N7O2S/c1-19-11-13-20(14-12-19)15-28-24(34)18-36-26-32-31-25(33(26)27)30-29-16-22-9-5-6-10-23(22)35-17-21-7-3-2-4-8-21/h2-14,16H,15,17-18,27H2,1H3,(H,28,34)(H,30,31)/b29-16+. The van der Waals surface area contributed by atoms with Crippen molar-refractivity contribution in [1.82, 2.24) is 20.2 Å². The Bertz CT molecular complexity index is 1310. The molecule has 1 amide bonds. The predicted octanol–water partition coefficient (Wildman–Crippen LogP) is 3.73. The van der Waals surface area contributed by atoms with Crippen molar-refractivity contribution >= 4 is 29.8 Å². The number of aromatic nitrogens is 3. The molecule has 0 saturated carbocycles. The normalized spacial score (nSPS) is 10.9. The largest absolute Gasteiger partial charge is 0.488 e. The molecule has 9 nitrogen and oxygen atoms in total. The summed E-state index contributed by atoms with van der Waals surface area (Å²) in [5.41, 5.74) is 6.87. The Kier molecular flexibility index (Phi) is 8.55. The molecule has 0 aliphatic carbocycles. The highest BCUT2D eigenvalue weighted by molar-refractivity contribution is 7.99. The number of hydrogen-bond acceptors (Lipinski definition) is 8. The Morgan fingerprint density at radius 2 is 1.78 bits per heavy atom. The highest BCUT2D eigenvalue weighted by Crippen LogP contribution is 2.19. The molecule has 0 aliphatic heterocycles. The number of rotatable bonds is 11. The van der Waals surface area contributed by atoms with Gasteiger partial charge in [0.2, 0.25) is 11.1 Å². The van der Waals surface area contributed by atoms with Gasteiger partial charge in [0.15, 0.2) is 0 Å². The van der Waals surface area contributed by atoms with Crippen LogP contribution in [0.3, 0.4) is 0 Å². The van der Waals surface area contributed by atoms with Gasteiger partial charge in [-0.25, -0.2) is 10.1 Å². The van der Waals surface area contributed by atoms with E-state index in [1.54, 1.807) is 6.21 Å². The number of carbonyl (C=O) groups is 1. The number of amides is 1. The van der Waals surface area contributed by atoms with E-state index in [1.165, 1.54) is 22.0 Å². The summed E-state index contributed by atoms with van der Waals surface area (Å²) in [7, 11) is 0. The molecule has 184 valence electrons. The number of aryl methyl sites for hydroxylation is 1. The summed E-state index contributed by atoms with van der Waals surface area (Å²) in [4.78, 5) is 12.2. The summed E-state index contributed by atoms with van der Waals surface area (Å²) in [6, 6.07) is 25.5. The van der Waals surface area contributed by atoms with E-state index in [0.717, 1.165) is 16.7 Å². The monoisotopic (exact) mass is 501 g/mol. The van der Waals surface area contributed by atoms with E-state index in [9.17, 15) is 4.79 Å². The summed E-state index contributed by atoms with van der Waals surface area (Å²) in [5.74, 6) is 7.06. The summed E-state index contributed by atoms with van der Waals surface area (Å²) in [6.45, 7) is 2.94. The van der Waals surface area contributed by atoms with Crippen LogP contribution in [0, 0.1) is 6.92 Å². The second-order valence-corrected chi connectivity index (χ2v) is 8.85. The number of anilines is 1. The molecule has 0 atom stereocenters. The maximum absolute atomic E-state index is 12.2. The fourth-order valence-corrected chi connectivity index (χ4v) is 3.84. The van der Waals surface area contributed by atoms with Crippen LogP contribution in [0.15, 0.2) is 89.1 Å². The highest BCUT2D eigenvalue weighted by atomic mass is 32.2. The number of hydrogen-bond donors (Lipinski definition) is 3. The topological polar surface area (TPSA) is 119 Å². The zero-order valence-corrected chi connectivity index (χ0v) is 20.6. The first-order valence-electron chi connectivity index (χ1n) is 11.3. The molecule has 0 radical (unpaired) electrons. The fraction of sp³-hybridized carbons (Fsp3) is 0.154. The third-order valence-corrected chi connectivity index (χ3v) is 6.07. The molecule has 0 saturated heterocycles. The number of carbonyl (C=O) groups excluding carboxylic acids is 1. The van der Waals surface area contributed by atoms with Gasteiger partial charge in [0.1, 0.15) is 12.4 Å². The minimum absolute atomic E-state index is 0.122. The van der Waals surface area contributed by atoms with Crippen LogP contribution in [-0.2, 0) is 17.9 Å². The molecule has 0 aliphatic rings. The number of ether oxygens (including phenoxy) is 1. The molecule has 4 rings (SSSR count). The SMILES string of the molecule is Cc1ccc(CNC(=O)CSc2nnc(N/N=C/c3ccccc3OCc3ccccc3)n2N)cc1. The van der Waals surface area contributed by atoms with Crippen LogP contribution in [0.1, 0.15) is 22.3 Å². The van der Waals surface area contributed by atoms with E-state index in [-0.39, 0.29) is 17.6 Å². The molecule has 0 spiro atoms. The van der Waals surface area contributed by atoms with E-state index in [0.29, 0.717) is 24.1 Å². The number of nitrogen functional groups attached to an aromatic ring is 1. The molecule has 0 unspecified atom stereocenters. The van der Waals surface area contributed by atoms with E-state index < -0.39 is 0 Å². The second kappa shape index (κ2) is 12.4. The zero-order valence-electron chi connectivity index (χ0n) is 19.8. The first-order chi connectivity index (χ1) is 17.6. The van der Waals surface area contributed by atoms with E-state index in [4.69, 9.17) is 10.6 Å². The zero-order chi connectivity index (χ0) is 25.2. The van der Waals surface area contributed by atoms with Crippen LogP contribution in [0.2, 0.25) is 0 Å². The van der Waals surface area contributed by atoms with Gasteiger partial charge in [-0.15, -0.1) is 10.2 Å². The van der Waals surface area contributed by atoms with Crippen molar-refractivity contribution < 1.29 is 9.53 Å². The average Bonchev–Trinajstić information content (AvgIpc) is 3.26. The number of para-hydroxylation sites is 1. The number of hydrazone groups is 1. The van der Waals surface area contributed by atoms with E-state index >= 15 is 0 Å². The van der Waals surface area contributed by atoms with Gasteiger partial charge in [-0.3, -0.25) is 4.79 Å². The number of nitrogens with zero attached hydrogens (tertiary/aromatic N) is 4. The first-order valence-corrected chi connectivity index (χ1v) is 12.3. The third-order valence-electron chi connectivity index (χ3n) is 5.13. The smallest absolute Gasteiger partial charge is 0.264 e. The molecule has 1 heterocycles. The van der Waals surface area contributed by atoms with Crippen molar-refractivity contribution in [3.8, 4) is 5.75 Å². The van der Waals surface area contributed by atoms with Crippen molar-refractivity contribution in [2.45, 2.75) is 25.2 Å². The third kappa shape index (κ3) is 7.09. The molecular formula is C26H27N7O2S. The van der Waals surface area contributed by atoms with Crippen LogP contribution < -0.4 is 21.3 Å². The number of thioether (sulfide) groups is 1. The lowest BCUT2D eigenvalue weighted by atomic mass is 10.1. The summed E-state index contributed by atoms with van der Waals surface area (Å²) in [5, 5.41) is 15.5. The fourth-order valence-electron chi connectivity index (χ4n) is 3.15. The Balaban J connectivity index is 1.27. The molecule has 4 N–H and O–H groups in total. The minimum Gasteiger partial charge on any atom is -0.488 e.